The SMILES string of the molecule is CC(C)CCNC(=O)N1CC(c2nc(-c3ccccc3)no2)C2(CCOCC2)C1. The van der Waals surface area contributed by atoms with Crippen LogP contribution in [0, 0.1) is 11.3 Å². The van der Waals surface area contributed by atoms with Crippen molar-refractivity contribution in [3.63, 3.8) is 0 Å². The maximum absolute atomic E-state index is 12.8. The predicted molar refractivity (Wildman–Crippen MR) is 109 cm³/mol. The molecule has 2 amide bonds. The number of hydrogen-bond donors (Lipinski definition) is 1. The molecule has 1 unspecified atom stereocenters. The molecule has 1 spiro atoms. The normalized spacial score (nSPS) is 21.1. The smallest absolute Gasteiger partial charge is 0.317 e. The Hall–Kier alpha value is -2.41. The topological polar surface area (TPSA) is 80.5 Å². The van der Waals surface area contributed by atoms with E-state index >= 15 is 0 Å². The number of nitrogens with one attached hydrogen (secondary N) is 1. The van der Waals surface area contributed by atoms with E-state index in [2.05, 4.69) is 24.3 Å². The second kappa shape index (κ2) is 8.53. The first kappa shape index (κ1) is 19.9. The molecular formula is C22H30N4O3. The van der Waals surface area contributed by atoms with Crippen molar-refractivity contribution in [2.75, 3.05) is 32.8 Å². The zero-order valence-corrected chi connectivity index (χ0v) is 17.3. The van der Waals surface area contributed by atoms with E-state index in [0.717, 1.165) is 24.8 Å². The van der Waals surface area contributed by atoms with Crippen LogP contribution in [0.2, 0.25) is 0 Å². The zero-order chi connectivity index (χ0) is 20.3. The molecule has 3 heterocycles. The van der Waals surface area contributed by atoms with E-state index in [1.807, 2.05) is 35.2 Å². The number of carbonyl (C=O) groups excluding carboxylic acids is 1. The predicted octanol–water partition coefficient (Wildman–Crippen LogP) is 3.69. The quantitative estimate of drug-likeness (QED) is 0.831. The van der Waals surface area contributed by atoms with E-state index in [0.29, 0.717) is 50.5 Å². The molecule has 0 radical (unpaired) electrons. The molecule has 0 bridgehead atoms. The molecular weight excluding hydrogens is 368 g/mol. The lowest BCUT2D eigenvalue weighted by atomic mass is 9.72. The number of likely N-dealkylation sites (tertiary alicyclic amines) is 1. The van der Waals surface area contributed by atoms with E-state index in [-0.39, 0.29) is 17.4 Å². The van der Waals surface area contributed by atoms with Crippen LogP contribution in [0.4, 0.5) is 4.79 Å². The van der Waals surface area contributed by atoms with Crippen LogP contribution in [0.3, 0.4) is 0 Å². The second-order valence-corrected chi connectivity index (χ2v) is 8.64. The van der Waals surface area contributed by atoms with Crippen molar-refractivity contribution in [2.45, 2.75) is 39.0 Å². The third-order valence-electron chi connectivity index (χ3n) is 6.19. The molecule has 0 aliphatic carbocycles. The summed E-state index contributed by atoms with van der Waals surface area (Å²) >= 11 is 0. The number of nitrogens with zero attached hydrogens (tertiary/aromatic N) is 3. The van der Waals surface area contributed by atoms with Gasteiger partial charge in [-0.25, -0.2) is 4.79 Å². The summed E-state index contributed by atoms with van der Waals surface area (Å²) in [4.78, 5) is 19.4. The number of benzene rings is 1. The first-order valence-electron chi connectivity index (χ1n) is 10.6. The van der Waals surface area contributed by atoms with Gasteiger partial charge in [0.1, 0.15) is 0 Å². The van der Waals surface area contributed by atoms with E-state index in [1.165, 1.54) is 0 Å². The summed E-state index contributed by atoms with van der Waals surface area (Å²) in [6, 6.07) is 9.84. The maximum atomic E-state index is 12.8. The molecule has 29 heavy (non-hydrogen) atoms. The van der Waals surface area contributed by atoms with Crippen LogP contribution >= 0.6 is 0 Å². The monoisotopic (exact) mass is 398 g/mol. The highest BCUT2D eigenvalue weighted by Gasteiger charge is 2.51. The largest absolute Gasteiger partial charge is 0.381 e. The van der Waals surface area contributed by atoms with Gasteiger partial charge >= 0.3 is 6.03 Å². The Bertz CT molecular complexity index is 814. The standard InChI is InChI=1S/C22H30N4O3/c1-16(2)8-11-23-21(27)26-14-18(22(15-26)9-12-28-13-10-22)20-24-19(25-29-20)17-6-4-3-5-7-17/h3-7,16,18H,8-15H2,1-2H3,(H,23,27). The molecule has 2 saturated heterocycles. The molecule has 0 saturated carbocycles. The van der Waals surface area contributed by atoms with Crippen molar-refractivity contribution >= 4 is 6.03 Å². The Morgan fingerprint density at radius 2 is 2.03 bits per heavy atom. The van der Waals surface area contributed by atoms with Crippen LogP contribution in [0.15, 0.2) is 34.9 Å². The minimum Gasteiger partial charge on any atom is -0.381 e. The minimum atomic E-state index is -0.0614. The lowest BCUT2D eigenvalue weighted by molar-refractivity contribution is 0.00943. The van der Waals surface area contributed by atoms with Crippen LogP contribution in [0.5, 0.6) is 0 Å². The first-order valence-corrected chi connectivity index (χ1v) is 10.6. The van der Waals surface area contributed by atoms with Gasteiger partial charge in [-0.05, 0) is 25.2 Å². The molecule has 1 atom stereocenters. The second-order valence-electron chi connectivity index (χ2n) is 8.64. The number of carbonyl (C=O) groups is 1. The van der Waals surface area contributed by atoms with Crippen molar-refractivity contribution < 1.29 is 14.1 Å². The van der Waals surface area contributed by atoms with Gasteiger partial charge in [-0.1, -0.05) is 49.3 Å². The van der Waals surface area contributed by atoms with Crippen LogP contribution < -0.4 is 5.32 Å². The van der Waals surface area contributed by atoms with E-state index in [9.17, 15) is 4.79 Å². The Morgan fingerprint density at radius 3 is 2.76 bits per heavy atom. The minimum absolute atomic E-state index is 0.00168. The van der Waals surface area contributed by atoms with Crippen LogP contribution in [-0.4, -0.2) is 53.9 Å². The molecule has 1 N–H and O–H groups in total. The highest BCUT2D eigenvalue weighted by atomic mass is 16.5. The molecule has 4 rings (SSSR count). The van der Waals surface area contributed by atoms with Gasteiger partial charge in [0, 0.05) is 43.8 Å². The van der Waals surface area contributed by atoms with Crippen molar-refractivity contribution in [3.05, 3.63) is 36.2 Å². The fraction of sp³-hybridized carbons (Fsp3) is 0.591. The lowest BCUT2D eigenvalue weighted by Crippen LogP contribution is -2.41. The van der Waals surface area contributed by atoms with Crippen LogP contribution in [0.25, 0.3) is 11.4 Å². The summed E-state index contributed by atoms with van der Waals surface area (Å²) in [6.07, 6.45) is 2.78. The summed E-state index contributed by atoms with van der Waals surface area (Å²) in [7, 11) is 0. The summed E-state index contributed by atoms with van der Waals surface area (Å²) in [5, 5.41) is 7.28. The Morgan fingerprint density at radius 1 is 1.28 bits per heavy atom. The third-order valence-corrected chi connectivity index (χ3v) is 6.19. The van der Waals surface area contributed by atoms with Gasteiger partial charge in [-0.15, -0.1) is 0 Å². The van der Waals surface area contributed by atoms with Gasteiger partial charge in [0.2, 0.25) is 11.7 Å². The molecule has 2 fully saturated rings. The average molecular weight is 399 g/mol. The third kappa shape index (κ3) is 4.29. The van der Waals surface area contributed by atoms with Crippen molar-refractivity contribution in [3.8, 4) is 11.4 Å². The van der Waals surface area contributed by atoms with Gasteiger partial charge in [0.25, 0.3) is 0 Å². The molecule has 2 aliphatic rings. The Labute approximate surface area is 171 Å². The fourth-order valence-electron chi connectivity index (χ4n) is 4.41. The molecule has 1 aromatic heterocycles. The number of hydrogen-bond acceptors (Lipinski definition) is 5. The lowest BCUT2D eigenvalue weighted by Gasteiger charge is -2.36. The Balaban J connectivity index is 1.53. The molecule has 7 heteroatoms. The van der Waals surface area contributed by atoms with Crippen molar-refractivity contribution in [1.82, 2.24) is 20.4 Å². The van der Waals surface area contributed by atoms with Crippen molar-refractivity contribution in [2.24, 2.45) is 11.3 Å². The number of rotatable bonds is 5. The molecule has 156 valence electrons. The first-order chi connectivity index (χ1) is 14.1. The van der Waals surface area contributed by atoms with E-state index < -0.39 is 0 Å². The molecule has 2 aromatic rings. The van der Waals surface area contributed by atoms with Crippen molar-refractivity contribution in [1.29, 1.82) is 0 Å². The van der Waals surface area contributed by atoms with E-state index in [1.54, 1.807) is 0 Å². The molecule has 2 aliphatic heterocycles. The Kier molecular flexibility index (Phi) is 5.85. The van der Waals surface area contributed by atoms with Gasteiger partial charge in [0.15, 0.2) is 0 Å². The summed E-state index contributed by atoms with van der Waals surface area (Å²) in [5.74, 6) is 1.83. The number of ether oxygens (including phenoxy) is 1. The highest BCUT2D eigenvalue weighted by molar-refractivity contribution is 5.74. The average Bonchev–Trinajstić information content (AvgIpc) is 3.34. The number of amides is 2. The summed E-state index contributed by atoms with van der Waals surface area (Å²) in [6.45, 7) is 7.75. The number of aromatic nitrogens is 2. The molecule has 1 aromatic carbocycles. The molecule has 7 nitrogen and oxygen atoms in total. The van der Waals surface area contributed by atoms with E-state index in [4.69, 9.17) is 14.2 Å². The fourth-order valence-corrected chi connectivity index (χ4v) is 4.41. The number of urea groups is 1. The van der Waals surface area contributed by atoms with Gasteiger partial charge < -0.3 is 19.5 Å². The van der Waals surface area contributed by atoms with Gasteiger partial charge in [-0.2, -0.15) is 4.98 Å². The highest BCUT2D eigenvalue weighted by Crippen LogP contribution is 2.49. The summed E-state index contributed by atoms with van der Waals surface area (Å²) in [5.41, 5.74) is 0.874. The maximum Gasteiger partial charge on any atom is 0.317 e. The van der Waals surface area contributed by atoms with Crippen LogP contribution in [-0.2, 0) is 4.74 Å². The zero-order valence-electron chi connectivity index (χ0n) is 17.3. The summed E-state index contributed by atoms with van der Waals surface area (Å²) < 4.78 is 11.3. The van der Waals surface area contributed by atoms with Gasteiger partial charge in [0.05, 0.1) is 5.92 Å². The van der Waals surface area contributed by atoms with Crippen LogP contribution in [0.1, 0.15) is 44.9 Å². The van der Waals surface area contributed by atoms with Gasteiger partial charge in [-0.3, -0.25) is 0 Å².